The van der Waals surface area contributed by atoms with E-state index >= 15 is 0 Å². The minimum atomic E-state index is 0.410. The molecule has 100 valence electrons. The second-order valence-corrected chi connectivity index (χ2v) is 7.67. The van der Waals surface area contributed by atoms with Gasteiger partial charge in [-0.3, -0.25) is 0 Å². The van der Waals surface area contributed by atoms with Crippen molar-refractivity contribution in [3.8, 4) is 0 Å². The molecule has 0 aliphatic heterocycles. The van der Waals surface area contributed by atoms with Gasteiger partial charge in [-0.1, -0.05) is 24.3 Å². The van der Waals surface area contributed by atoms with Gasteiger partial charge in [-0.15, -0.1) is 11.3 Å². The molecular formula is C16H18BrNS. The molecule has 0 amide bonds. The number of thiophene rings is 1. The Kier molecular flexibility index (Phi) is 4.06. The van der Waals surface area contributed by atoms with Gasteiger partial charge in [0.15, 0.2) is 0 Å². The third kappa shape index (κ3) is 2.93. The SMILES string of the molecule is CC(NC1CCCc2ccccc21)c1ccc(Br)s1. The minimum absolute atomic E-state index is 0.410. The van der Waals surface area contributed by atoms with Gasteiger partial charge in [0.25, 0.3) is 0 Å². The monoisotopic (exact) mass is 335 g/mol. The highest BCUT2D eigenvalue weighted by atomic mass is 79.9. The van der Waals surface area contributed by atoms with Crippen LogP contribution < -0.4 is 5.32 Å². The Labute approximate surface area is 127 Å². The number of hydrogen-bond donors (Lipinski definition) is 1. The van der Waals surface area contributed by atoms with E-state index in [9.17, 15) is 0 Å². The molecule has 0 bridgehead atoms. The number of hydrogen-bond acceptors (Lipinski definition) is 2. The van der Waals surface area contributed by atoms with E-state index in [0.29, 0.717) is 12.1 Å². The van der Waals surface area contributed by atoms with Gasteiger partial charge in [0.05, 0.1) is 3.79 Å². The number of aryl methyl sites for hydroxylation is 1. The van der Waals surface area contributed by atoms with Crippen LogP contribution in [0.2, 0.25) is 0 Å². The summed E-state index contributed by atoms with van der Waals surface area (Å²) in [6, 6.07) is 14.1. The Balaban J connectivity index is 1.77. The lowest BCUT2D eigenvalue weighted by atomic mass is 9.87. The van der Waals surface area contributed by atoms with Gasteiger partial charge in [0, 0.05) is 17.0 Å². The van der Waals surface area contributed by atoms with E-state index in [2.05, 4.69) is 64.6 Å². The van der Waals surface area contributed by atoms with Gasteiger partial charge in [-0.25, -0.2) is 0 Å². The summed E-state index contributed by atoms with van der Waals surface area (Å²) in [4.78, 5) is 1.40. The van der Waals surface area contributed by atoms with Crippen LogP contribution in [-0.4, -0.2) is 0 Å². The van der Waals surface area contributed by atoms with E-state index in [0.717, 1.165) is 0 Å². The van der Waals surface area contributed by atoms with Crippen LogP contribution in [-0.2, 0) is 6.42 Å². The average Bonchev–Trinajstić information content (AvgIpc) is 2.86. The first kappa shape index (κ1) is 13.3. The second kappa shape index (κ2) is 5.78. The van der Waals surface area contributed by atoms with E-state index in [-0.39, 0.29) is 0 Å². The van der Waals surface area contributed by atoms with Crippen molar-refractivity contribution >= 4 is 27.3 Å². The molecule has 1 aliphatic rings. The maximum atomic E-state index is 3.79. The minimum Gasteiger partial charge on any atom is -0.303 e. The third-order valence-corrected chi connectivity index (χ3v) is 5.65. The van der Waals surface area contributed by atoms with Crippen LogP contribution in [0, 0.1) is 0 Å². The van der Waals surface area contributed by atoms with Crippen LogP contribution in [0.5, 0.6) is 0 Å². The molecule has 0 saturated heterocycles. The summed E-state index contributed by atoms with van der Waals surface area (Å²) in [5.74, 6) is 0. The van der Waals surface area contributed by atoms with Crippen LogP contribution in [0.4, 0.5) is 0 Å². The van der Waals surface area contributed by atoms with Crippen molar-refractivity contribution in [2.75, 3.05) is 0 Å². The lowest BCUT2D eigenvalue weighted by Gasteiger charge is -2.29. The van der Waals surface area contributed by atoms with Crippen LogP contribution in [0.1, 0.15) is 47.9 Å². The van der Waals surface area contributed by atoms with Crippen molar-refractivity contribution in [2.45, 2.75) is 38.3 Å². The Hall–Kier alpha value is -0.640. The Morgan fingerprint density at radius 1 is 1.26 bits per heavy atom. The van der Waals surface area contributed by atoms with Crippen LogP contribution in [0.3, 0.4) is 0 Å². The molecule has 3 rings (SSSR count). The standard InChI is InChI=1S/C16H18BrNS/c1-11(15-9-10-16(17)19-15)18-14-8-4-6-12-5-2-3-7-13(12)14/h2-3,5,7,9-11,14,18H,4,6,8H2,1H3. The van der Waals surface area contributed by atoms with E-state index < -0.39 is 0 Å². The molecule has 3 heteroatoms. The molecule has 0 saturated carbocycles. The lowest BCUT2D eigenvalue weighted by Crippen LogP contribution is -2.27. The summed E-state index contributed by atoms with van der Waals surface area (Å²) in [5, 5.41) is 3.79. The number of nitrogens with one attached hydrogen (secondary N) is 1. The van der Waals surface area contributed by atoms with Crippen LogP contribution in [0.15, 0.2) is 40.2 Å². The maximum Gasteiger partial charge on any atom is 0.0701 e. The number of fused-ring (bicyclic) bond motifs is 1. The zero-order chi connectivity index (χ0) is 13.2. The zero-order valence-corrected chi connectivity index (χ0v) is 13.4. The highest BCUT2D eigenvalue weighted by Gasteiger charge is 2.21. The van der Waals surface area contributed by atoms with Gasteiger partial charge < -0.3 is 5.32 Å². The van der Waals surface area contributed by atoms with Crippen molar-refractivity contribution in [3.05, 3.63) is 56.2 Å². The largest absolute Gasteiger partial charge is 0.303 e. The van der Waals surface area contributed by atoms with Gasteiger partial charge in [0.1, 0.15) is 0 Å². The van der Waals surface area contributed by atoms with E-state index in [1.54, 1.807) is 0 Å². The summed E-state index contributed by atoms with van der Waals surface area (Å²) in [6.07, 6.45) is 3.76. The Morgan fingerprint density at radius 2 is 2.11 bits per heavy atom. The summed E-state index contributed by atoms with van der Waals surface area (Å²) in [5.41, 5.74) is 3.02. The number of halogens is 1. The smallest absolute Gasteiger partial charge is 0.0701 e. The van der Waals surface area contributed by atoms with Crippen molar-refractivity contribution in [2.24, 2.45) is 0 Å². The van der Waals surface area contributed by atoms with Gasteiger partial charge in [0.2, 0.25) is 0 Å². The lowest BCUT2D eigenvalue weighted by molar-refractivity contribution is 0.418. The highest BCUT2D eigenvalue weighted by Crippen LogP contribution is 2.33. The average molecular weight is 336 g/mol. The summed E-state index contributed by atoms with van der Waals surface area (Å²) in [7, 11) is 0. The first-order chi connectivity index (χ1) is 9.24. The normalized spacial score (nSPS) is 20.0. The first-order valence-corrected chi connectivity index (χ1v) is 8.44. The molecule has 2 atom stereocenters. The molecule has 1 nitrogen and oxygen atoms in total. The molecular weight excluding hydrogens is 318 g/mol. The molecule has 2 unspecified atom stereocenters. The summed E-state index contributed by atoms with van der Waals surface area (Å²) in [6.45, 7) is 2.26. The molecule has 1 aromatic heterocycles. The molecule has 1 heterocycles. The molecule has 19 heavy (non-hydrogen) atoms. The van der Waals surface area contributed by atoms with E-state index in [1.165, 1.54) is 39.1 Å². The van der Waals surface area contributed by atoms with Crippen molar-refractivity contribution in [1.82, 2.24) is 5.32 Å². The van der Waals surface area contributed by atoms with Crippen LogP contribution in [0.25, 0.3) is 0 Å². The Bertz CT molecular complexity index is 563. The highest BCUT2D eigenvalue weighted by molar-refractivity contribution is 9.11. The second-order valence-electron chi connectivity index (χ2n) is 5.17. The zero-order valence-electron chi connectivity index (χ0n) is 11.0. The molecule has 2 aromatic rings. The third-order valence-electron chi connectivity index (χ3n) is 3.84. The fraction of sp³-hybridized carbons (Fsp3) is 0.375. The van der Waals surface area contributed by atoms with Crippen LogP contribution >= 0.6 is 27.3 Å². The molecule has 0 spiro atoms. The molecule has 1 N–H and O–H groups in total. The molecule has 1 aromatic carbocycles. The summed E-state index contributed by atoms with van der Waals surface area (Å²) >= 11 is 5.36. The van der Waals surface area contributed by atoms with E-state index in [4.69, 9.17) is 0 Å². The fourth-order valence-electron chi connectivity index (χ4n) is 2.87. The van der Waals surface area contributed by atoms with Gasteiger partial charge in [-0.05, 0) is 65.4 Å². The summed E-state index contributed by atoms with van der Waals surface area (Å²) < 4.78 is 1.21. The topological polar surface area (TPSA) is 12.0 Å². The van der Waals surface area contributed by atoms with E-state index in [1.807, 2.05) is 11.3 Å². The van der Waals surface area contributed by atoms with Gasteiger partial charge in [-0.2, -0.15) is 0 Å². The molecule has 1 aliphatic carbocycles. The molecule has 0 radical (unpaired) electrons. The Morgan fingerprint density at radius 3 is 2.89 bits per heavy atom. The quantitative estimate of drug-likeness (QED) is 0.808. The first-order valence-electron chi connectivity index (χ1n) is 6.83. The number of rotatable bonds is 3. The van der Waals surface area contributed by atoms with Crippen molar-refractivity contribution < 1.29 is 0 Å². The predicted octanol–water partition coefficient (Wildman–Crippen LogP) is 5.24. The maximum absolute atomic E-state index is 3.79. The van der Waals surface area contributed by atoms with Gasteiger partial charge >= 0.3 is 0 Å². The fourth-order valence-corrected chi connectivity index (χ4v) is 4.31. The van der Waals surface area contributed by atoms with Crippen molar-refractivity contribution in [3.63, 3.8) is 0 Å². The number of benzene rings is 1. The molecule has 0 fully saturated rings. The van der Waals surface area contributed by atoms with Crippen molar-refractivity contribution in [1.29, 1.82) is 0 Å². The predicted molar refractivity (Wildman–Crippen MR) is 85.7 cm³/mol.